The van der Waals surface area contributed by atoms with Crippen LogP contribution < -0.4 is 10.1 Å². The molecule has 2 aliphatic rings. The quantitative estimate of drug-likeness (QED) is 0.493. The van der Waals surface area contributed by atoms with E-state index in [0.29, 0.717) is 11.0 Å². The van der Waals surface area contributed by atoms with Crippen molar-refractivity contribution in [2.24, 2.45) is 0 Å². The van der Waals surface area contributed by atoms with Gasteiger partial charge in [0.25, 0.3) is 5.92 Å². The van der Waals surface area contributed by atoms with Crippen molar-refractivity contribution in [3.63, 3.8) is 0 Å². The molecule has 2 amide bonds. The Morgan fingerprint density at radius 3 is 2.53 bits per heavy atom. The Balaban J connectivity index is 1.39. The maximum absolute atomic E-state index is 14.5. The highest BCUT2D eigenvalue weighted by Gasteiger charge is 2.63. The number of nitrogens with zero attached hydrogens (tertiary/aromatic N) is 3. The molecule has 0 unspecified atom stereocenters. The molecule has 1 saturated heterocycles. The molecular formula is C23H20F5N5O3. The number of alkyl halides is 5. The predicted molar refractivity (Wildman–Crippen MR) is 116 cm³/mol. The summed E-state index contributed by atoms with van der Waals surface area (Å²) in [6.07, 6.45) is -2.10. The standard InChI is InChI=1S/C23H20F5N5O3/c24-13-7-17(19(34)31-18-6-5-15-16(30-18)8-29-32-15)33(9-13)20(35)22(10-23(27,28)11-22)12-1-3-14(4-2-12)36-21(25)26/h1-6,8,13,17,21H,7,9-11H2,(H,29,32)(H,30,31,34)/t13-,17-/m1/s1. The third-order valence-electron chi connectivity index (χ3n) is 6.52. The van der Waals surface area contributed by atoms with Crippen LogP contribution in [0.5, 0.6) is 5.75 Å². The molecule has 0 radical (unpaired) electrons. The van der Waals surface area contributed by atoms with Crippen LogP contribution in [0, 0.1) is 0 Å². The van der Waals surface area contributed by atoms with Gasteiger partial charge in [-0.05, 0) is 29.8 Å². The summed E-state index contributed by atoms with van der Waals surface area (Å²) in [5.74, 6) is -4.73. The third kappa shape index (κ3) is 4.33. The van der Waals surface area contributed by atoms with E-state index in [9.17, 15) is 31.5 Å². The number of likely N-dealkylation sites (tertiary alicyclic amines) is 1. The Labute approximate surface area is 200 Å². The lowest BCUT2D eigenvalue weighted by Gasteiger charge is -2.48. The molecule has 1 aliphatic heterocycles. The van der Waals surface area contributed by atoms with E-state index in [2.05, 4.69) is 25.2 Å². The minimum atomic E-state index is -3.15. The molecule has 2 N–H and O–H groups in total. The maximum atomic E-state index is 14.5. The molecule has 5 rings (SSSR count). The van der Waals surface area contributed by atoms with Gasteiger partial charge < -0.3 is 15.0 Å². The fourth-order valence-corrected chi connectivity index (χ4v) is 4.91. The average Bonchev–Trinajstić information content (AvgIpc) is 3.43. The summed E-state index contributed by atoms with van der Waals surface area (Å²) < 4.78 is 71.8. The zero-order valence-electron chi connectivity index (χ0n) is 18.6. The molecule has 3 aromatic rings. The molecule has 0 bridgehead atoms. The second-order valence-electron chi connectivity index (χ2n) is 8.99. The number of carbonyl (C=O) groups is 2. The molecule has 190 valence electrons. The molecule has 1 aliphatic carbocycles. The number of hydrogen-bond donors (Lipinski definition) is 2. The van der Waals surface area contributed by atoms with Crippen LogP contribution >= 0.6 is 0 Å². The molecular weight excluding hydrogens is 489 g/mol. The Morgan fingerprint density at radius 1 is 1.14 bits per heavy atom. The first kappa shape index (κ1) is 23.9. The van der Waals surface area contributed by atoms with E-state index in [1.807, 2.05) is 0 Å². The average molecular weight is 509 g/mol. The monoisotopic (exact) mass is 509 g/mol. The number of amides is 2. The van der Waals surface area contributed by atoms with Crippen LogP contribution in [-0.4, -0.2) is 63.2 Å². The molecule has 36 heavy (non-hydrogen) atoms. The van der Waals surface area contributed by atoms with Crippen LogP contribution in [0.2, 0.25) is 0 Å². The number of nitrogens with one attached hydrogen (secondary N) is 2. The topological polar surface area (TPSA) is 100 Å². The third-order valence-corrected chi connectivity index (χ3v) is 6.52. The van der Waals surface area contributed by atoms with Gasteiger partial charge in [0.1, 0.15) is 29.3 Å². The number of benzene rings is 1. The van der Waals surface area contributed by atoms with E-state index >= 15 is 0 Å². The zero-order chi connectivity index (χ0) is 25.7. The van der Waals surface area contributed by atoms with Crippen LogP contribution in [0.1, 0.15) is 24.8 Å². The largest absolute Gasteiger partial charge is 0.435 e. The smallest absolute Gasteiger partial charge is 0.387 e. The minimum Gasteiger partial charge on any atom is -0.435 e. The van der Waals surface area contributed by atoms with E-state index in [1.165, 1.54) is 24.4 Å². The molecule has 2 fully saturated rings. The summed E-state index contributed by atoms with van der Waals surface area (Å²) >= 11 is 0. The minimum absolute atomic E-state index is 0.147. The van der Waals surface area contributed by atoms with Gasteiger partial charge in [-0.15, -0.1) is 0 Å². The summed E-state index contributed by atoms with van der Waals surface area (Å²) in [5, 5.41) is 9.10. The summed E-state index contributed by atoms with van der Waals surface area (Å²) in [4.78, 5) is 31.8. The molecule has 2 aromatic heterocycles. The van der Waals surface area contributed by atoms with Crippen LogP contribution in [0.3, 0.4) is 0 Å². The number of halogens is 5. The van der Waals surface area contributed by atoms with Gasteiger partial charge in [-0.3, -0.25) is 14.7 Å². The molecule has 13 heteroatoms. The fraction of sp³-hybridized carbons (Fsp3) is 0.391. The van der Waals surface area contributed by atoms with Gasteiger partial charge in [-0.1, -0.05) is 12.1 Å². The molecule has 1 aromatic carbocycles. The van der Waals surface area contributed by atoms with E-state index in [1.54, 1.807) is 6.07 Å². The van der Waals surface area contributed by atoms with Gasteiger partial charge in [-0.25, -0.2) is 18.2 Å². The molecule has 2 atom stereocenters. The molecule has 1 saturated carbocycles. The van der Waals surface area contributed by atoms with Crippen molar-refractivity contribution in [2.75, 3.05) is 11.9 Å². The van der Waals surface area contributed by atoms with Gasteiger partial charge >= 0.3 is 6.61 Å². The van der Waals surface area contributed by atoms with E-state index < -0.39 is 61.4 Å². The Bertz CT molecular complexity index is 1290. The highest BCUT2D eigenvalue weighted by molar-refractivity contribution is 6.00. The van der Waals surface area contributed by atoms with Gasteiger partial charge in [-0.2, -0.15) is 13.9 Å². The molecule has 3 heterocycles. The van der Waals surface area contributed by atoms with Crippen molar-refractivity contribution in [1.29, 1.82) is 0 Å². The van der Waals surface area contributed by atoms with E-state index in [-0.39, 0.29) is 23.6 Å². The Hall–Kier alpha value is -3.77. The van der Waals surface area contributed by atoms with E-state index in [4.69, 9.17) is 0 Å². The number of carbonyl (C=O) groups excluding carboxylic acids is 2. The van der Waals surface area contributed by atoms with Gasteiger partial charge in [0.2, 0.25) is 11.8 Å². The number of pyridine rings is 1. The number of ether oxygens (including phenoxy) is 1. The number of hydrogen-bond acceptors (Lipinski definition) is 5. The number of rotatable bonds is 6. The normalized spacial score (nSPS) is 22.4. The zero-order valence-corrected chi connectivity index (χ0v) is 18.6. The van der Waals surface area contributed by atoms with Crippen molar-refractivity contribution in [3.05, 3.63) is 48.2 Å². The van der Waals surface area contributed by atoms with Gasteiger partial charge in [0.15, 0.2) is 0 Å². The second kappa shape index (κ2) is 8.71. The SMILES string of the molecule is O=C(Nc1ccc2[nH]ncc2n1)[C@H]1C[C@@H](F)CN1C(=O)C1(c2ccc(OC(F)F)cc2)CC(F)(F)C1. The first-order chi connectivity index (χ1) is 17.1. The predicted octanol–water partition coefficient (Wildman–Crippen LogP) is 3.80. The van der Waals surface area contributed by atoms with Crippen LogP contribution in [0.15, 0.2) is 42.6 Å². The summed E-state index contributed by atoms with van der Waals surface area (Å²) in [6, 6.07) is 6.70. The number of fused-ring (bicyclic) bond motifs is 1. The van der Waals surface area contributed by atoms with Crippen LogP contribution in [0.25, 0.3) is 11.0 Å². The number of H-pyrrole nitrogens is 1. The fourth-order valence-electron chi connectivity index (χ4n) is 4.91. The molecule has 8 nitrogen and oxygen atoms in total. The lowest BCUT2D eigenvalue weighted by Crippen LogP contribution is -2.60. The summed E-state index contributed by atoms with van der Waals surface area (Å²) in [6.45, 7) is -3.51. The number of aromatic amines is 1. The highest BCUT2D eigenvalue weighted by Crippen LogP contribution is 2.55. The van der Waals surface area contributed by atoms with Crippen molar-refractivity contribution in [3.8, 4) is 5.75 Å². The van der Waals surface area contributed by atoms with Crippen molar-refractivity contribution < 1.29 is 36.3 Å². The lowest BCUT2D eigenvalue weighted by molar-refractivity contribution is -0.169. The lowest BCUT2D eigenvalue weighted by atomic mass is 9.61. The molecule has 0 spiro atoms. The van der Waals surface area contributed by atoms with Crippen LogP contribution in [-0.2, 0) is 15.0 Å². The maximum Gasteiger partial charge on any atom is 0.387 e. The Kier molecular flexibility index (Phi) is 5.80. The highest BCUT2D eigenvalue weighted by atomic mass is 19.3. The van der Waals surface area contributed by atoms with Crippen molar-refractivity contribution in [2.45, 2.75) is 49.4 Å². The first-order valence-electron chi connectivity index (χ1n) is 11.1. The first-order valence-corrected chi connectivity index (χ1v) is 11.1. The number of anilines is 1. The van der Waals surface area contributed by atoms with E-state index in [0.717, 1.165) is 17.0 Å². The number of aromatic nitrogens is 3. The van der Waals surface area contributed by atoms with Crippen LogP contribution in [0.4, 0.5) is 27.8 Å². The van der Waals surface area contributed by atoms with Crippen molar-refractivity contribution >= 4 is 28.7 Å². The second-order valence-corrected chi connectivity index (χ2v) is 8.99. The van der Waals surface area contributed by atoms with Gasteiger partial charge in [0.05, 0.1) is 23.7 Å². The summed E-state index contributed by atoms with van der Waals surface area (Å²) in [5.41, 5.74) is -0.477. The Morgan fingerprint density at radius 2 is 1.86 bits per heavy atom. The van der Waals surface area contributed by atoms with Gasteiger partial charge in [0, 0.05) is 19.3 Å². The summed E-state index contributed by atoms with van der Waals surface area (Å²) in [7, 11) is 0. The van der Waals surface area contributed by atoms with Crippen molar-refractivity contribution in [1.82, 2.24) is 20.1 Å².